The van der Waals surface area contributed by atoms with Crippen LogP contribution in [0.4, 0.5) is 5.13 Å². The van der Waals surface area contributed by atoms with Gasteiger partial charge in [0.05, 0.1) is 27.4 Å². The Morgan fingerprint density at radius 3 is 2.61 bits per heavy atom. The number of nitrogens with zero attached hydrogens (tertiary/aromatic N) is 3. The zero-order valence-electron chi connectivity index (χ0n) is 17.1. The molecular formula is C23H21N3O3S2. The van der Waals surface area contributed by atoms with Crippen molar-refractivity contribution in [2.45, 2.75) is 24.8 Å². The number of sulfone groups is 1. The molecule has 6 nitrogen and oxygen atoms in total. The van der Waals surface area contributed by atoms with E-state index < -0.39 is 9.84 Å². The van der Waals surface area contributed by atoms with E-state index in [2.05, 4.69) is 23.0 Å². The lowest BCUT2D eigenvalue weighted by molar-refractivity contribution is 0.0984. The highest BCUT2D eigenvalue weighted by atomic mass is 32.2. The van der Waals surface area contributed by atoms with Gasteiger partial charge in [-0.05, 0) is 54.4 Å². The minimum absolute atomic E-state index is 0.105. The number of amides is 1. The molecule has 0 bridgehead atoms. The van der Waals surface area contributed by atoms with Crippen LogP contribution < -0.4 is 4.90 Å². The molecule has 0 saturated carbocycles. The molecule has 4 aromatic rings. The first-order chi connectivity index (χ1) is 14.8. The summed E-state index contributed by atoms with van der Waals surface area (Å²) in [5.41, 5.74) is 3.02. The van der Waals surface area contributed by atoms with E-state index in [0.717, 1.165) is 22.9 Å². The number of hydrogen-bond acceptors (Lipinski definition) is 6. The second-order valence-corrected chi connectivity index (χ2v) is 10.2. The molecule has 1 amide bonds. The van der Waals surface area contributed by atoms with Crippen LogP contribution in [0, 0.1) is 0 Å². The van der Waals surface area contributed by atoms with Crippen molar-refractivity contribution in [3.05, 3.63) is 83.7 Å². The molecule has 0 spiro atoms. The molecule has 0 unspecified atom stereocenters. The Balaban J connectivity index is 1.79. The van der Waals surface area contributed by atoms with Gasteiger partial charge in [-0.25, -0.2) is 13.4 Å². The van der Waals surface area contributed by atoms with E-state index in [1.807, 2.05) is 30.3 Å². The number of carbonyl (C=O) groups excluding carboxylic acids is 1. The van der Waals surface area contributed by atoms with Gasteiger partial charge in [-0.15, -0.1) is 0 Å². The fourth-order valence-electron chi connectivity index (χ4n) is 3.19. The van der Waals surface area contributed by atoms with Crippen LogP contribution in [0.25, 0.3) is 10.2 Å². The van der Waals surface area contributed by atoms with Gasteiger partial charge in [0.25, 0.3) is 5.91 Å². The predicted molar refractivity (Wildman–Crippen MR) is 123 cm³/mol. The maximum absolute atomic E-state index is 13.5. The summed E-state index contributed by atoms with van der Waals surface area (Å²) in [6.45, 7) is 2.32. The number of hydrogen-bond donors (Lipinski definition) is 0. The van der Waals surface area contributed by atoms with Crippen LogP contribution in [0.5, 0.6) is 0 Å². The molecule has 2 aromatic carbocycles. The van der Waals surface area contributed by atoms with E-state index in [1.54, 1.807) is 23.2 Å². The van der Waals surface area contributed by atoms with E-state index in [1.165, 1.54) is 29.0 Å². The van der Waals surface area contributed by atoms with Crippen molar-refractivity contribution in [1.82, 2.24) is 9.97 Å². The highest BCUT2D eigenvalue weighted by Gasteiger charge is 2.23. The molecule has 0 saturated heterocycles. The zero-order valence-corrected chi connectivity index (χ0v) is 18.8. The van der Waals surface area contributed by atoms with Crippen LogP contribution in [0.1, 0.15) is 28.5 Å². The summed E-state index contributed by atoms with van der Waals surface area (Å²) in [6.07, 6.45) is 3.72. The fraction of sp³-hybridized carbons (Fsp3) is 0.174. The van der Waals surface area contributed by atoms with Gasteiger partial charge < -0.3 is 0 Å². The number of rotatable bonds is 6. The van der Waals surface area contributed by atoms with Gasteiger partial charge in [0, 0.05) is 18.0 Å². The number of anilines is 1. The first-order valence-corrected chi connectivity index (χ1v) is 12.5. The van der Waals surface area contributed by atoms with Crippen molar-refractivity contribution < 1.29 is 13.2 Å². The average molecular weight is 452 g/mol. The van der Waals surface area contributed by atoms with E-state index in [0.29, 0.717) is 10.8 Å². The molecule has 158 valence electrons. The highest BCUT2D eigenvalue weighted by molar-refractivity contribution is 7.90. The molecule has 4 rings (SSSR count). The highest BCUT2D eigenvalue weighted by Crippen LogP contribution is 2.31. The number of fused-ring (bicyclic) bond motifs is 1. The third-order valence-electron chi connectivity index (χ3n) is 4.88. The number of thiazole rings is 1. The molecule has 31 heavy (non-hydrogen) atoms. The lowest BCUT2D eigenvalue weighted by Gasteiger charge is -2.20. The Labute approximate surface area is 185 Å². The maximum Gasteiger partial charge on any atom is 0.260 e. The average Bonchev–Trinajstić information content (AvgIpc) is 3.20. The molecule has 0 fully saturated rings. The Kier molecular flexibility index (Phi) is 5.84. The summed E-state index contributed by atoms with van der Waals surface area (Å²) < 4.78 is 24.9. The molecule has 8 heteroatoms. The van der Waals surface area contributed by atoms with Crippen LogP contribution in [0.15, 0.2) is 71.8 Å². The Bertz CT molecular complexity index is 1350. The van der Waals surface area contributed by atoms with E-state index in [4.69, 9.17) is 0 Å². The molecule has 0 aliphatic carbocycles. The first kappa shape index (κ1) is 21.1. The molecule has 2 heterocycles. The van der Waals surface area contributed by atoms with E-state index in [-0.39, 0.29) is 22.9 Å². The van der Waals surface area contributed by atoms with Crippen LogP contribution in [-0.2, 0) is 22.8 Å². The van der Waals surface area contributed by atoms with Crippen molar-refractivity contribution in [2.24, 2.45) is 0 Å². The largest absolute Gasteiger partial charge is 0.278 e. The Morgan fingerprint density at radius 1 is 1.06 bits per heavy atom. The van der Waals surface area contributed by atoms with Crippen LogP contribution in [0.3, 0.4) is 0 Å². The maximum atomic E-state index is 13.5. The van der Waals surface area contributed by atoms with Crippen molar-refractivity contribution in [1.29, 1.82) is 0 Å². The van der Waals surface area contributed by atoms with Gasteiger partial charge in [0.2, 0.25) is 0 Å². The number of aryl methyl sites for hydroxylation is 1. The quantitative estimate of drug-likeness (QED) is 0.431. The standard InChI is InChI=1S/C23H21N3O3S2/c1-3-16-10-11-20-21(13-16)30-23(25-20)26(15-18-8-4-5-12-24-18)22(27)17-7-6-9-19(14-17)31(2,28)29/h4-14H,3,15H2,1-2H3. The molecule has 0 radical (unpaired) electrons. The summed E-state index contributed by atoms with van der Waals surface area (Å²) in [6, 6.07) is 17.7. The van der Waals surface area contributed by atoms with Gasteiger partial charge >= 0.3 is 0 Å². The summed E-state index contributed by atoms with van der Waals surface area (Å²) in [5.74, 6) is -0.328. The van der Waals surface area contributed by atoms with Gasteiger partial charge in [0.15, 0.2) is 15.0 Å². The zero-order chi connectivity index (χ0) is 22.0. The van der Waals surface area contributed by atoms with Crippen LogP contribution in [0.2, 0.25) is 0 Å². The SMILES string of the molecule is CCc1ccc2nc(N(Cc3ccccn3)C(=O)c3cccc(S(C)(=O)=O)c3)sc2c1. The lowest BCUT2D eigenvalue weighted by atomic mass is 10.2. The predicted octanol–water partition coefficient (Wildman–Crippen LogP) is 4.50. The second kappa shape index (κ2) is 8.56. The molecule has 0 aliphatic heterocycles. The minimum Gasteiger partial charge on any atom is -0.278 e. The van der Waals surface area contributed by atoms with Gasteiger partial charge in [0.1, 0.15) is 0 Å². The fourth-order valence-corrected chi connectivity index (χ4v) is 4.88. The topological polar surface area (TPSA) is 80.2 Å². The van der Waals surface area contributed by atoms with Crippen LogP contribution >= 0.6 is 11.3 Å². The number of carbonyl (C=O) groups is 1. The van der Waals surface area contributed by atoms with Crippen LogP contribution in [-0.4, -0.2) is 30.5 Å². The normalized spacial score (nSPS) is 11.5. The van der Waals surface area contributed by atoms with E-state index in [9.17, 15) is 13.2 Å². The minimum atomic E-state index is -3.43. The number of benzene rings is 2. The summed E-state index contributed by atoms with van der Waals surface area (Å²) in [4.78, 5) is 24.2. The third kappa shape index (κ3) is 4.65. The smallest absolute Gasteiger partial charge is 0.260 e. The van der Waals surface area contributed by atoms with Crippen molar-refractivity contribution in [3.8, 4) is 0 Å². The summed E-state index contributed by atoms with van der Waals surface area (Å²) in [7, 11) is -3.43. The number of pyridine rings is 1. The molecule has 0 atom stereocenters. The lowest BCUT2D eigenvalue weighted by Crippen LogP contribution is -2.30. The van der Waals surface area contributed by atoms with Gasteiger partial charge in [-0.2, -0.15) is 0 Å². The van der Waals surface area contributed by atoms with Crippen molar-refractivity contribution in [3.63, 3.8) is 0 Å². The van der Waals surface area contributed by atoms with Gasteiger partial charge in [-0.1, -0.05) is 36.5 Å². The Morgan fingerprint density at radius 2 is 1.90 bits per heavy atom. The summed E-state index contributed by atoms with van der Waals surface area (Å²) in [5, 5.41) is 0.545. The summed E-state index contributed by atoms with van der Waals surface area (Å²) >= 11 is 1.43. The molecule has 2 aromatic heterocycles. The monoisotopic (exact) mass is 451 g/mol. The first-order valence-electron chi connectivity index (χ1n) is 9.76. The third-order valence-corrected chi connectivity index (χ3v) is 7.03. The van der Waals surface area contributed by atoms with Gasteiger partial charge in [-0.3, -0.25) is 14.7 Å². The molecular weight excluding hydrogens is 430 g/mol. The van der Waals surface area contributed by atoms with Crippen molar-refractivity contribution in [2.75, 3.05) is 11.2 Å². The van der Waals surface area contributed by atoms with E-state index >= 15 is 0 Å². The molecule has 0 aliphatic rings. The Hall–Kier alpha value is -3.10. The van der Waals surface area contributed by atoms with Crippen molar-refractivity contribution >= 4 is 42.4 Å². The number of aromatic nitrogens is 2. The molecule has 0 N–H and O–H groups in total. The second-order valence-electron chi connectivity index (χ2n) is 7.16.